The highest BCUT2D eigenvalue weighted by atomic mass is 33.1. The first-order valence-corrected chi connectivity index (χ1v) is 14.6. The van der Waals surface area contributed by atoms with Crippen molar-refractivity contribution < 1.29 is 29.4 Å². The molecular weight excluding hydrogens is 468 g/mol. The Morgan fingerprint density at radius 3 is 1.80 bits per heavy atom. The minimum absolute atomic E-state index is 0.291. The standard InChI is InChI=1S/C18H32N2O6S4/c1-4-5-6-7-14(30-29-11-16(18(25)26)20-13(3)22)8-9-27-28-10-15(17(23)24)19-12(2)21/h14-16H,4-11H2,1-3H3,(H,19,21)(H,20,22)(H,23,24)(H,25,26)/t14-,15+,16+/m1/s1. The summed E-state index contributed by atoms with van der Waals surface area (Å²) in [5, 5.41) is 23.5. The van der Waals surface area contributed by atoms with Gasteiger partial charge in [-0.25, -0.2) is 9.59 Å². The zero-order valence-electron chi connectivity index (χ0n) is 17.5. The Morgan fingerprint density at radius 2 is 1.33 bits per heavy atom. The SMILES string of the molecule is CCCCC[C@H](CCSSC[C@H](NC(C)=O)C(=O)O)SSC[C@H](NC(C)=O)C(=O)O. The minimum Gasteiger partial charge on any atom is -0.480 e. The van der Waals surface area contributed by atoms with Crippen molar-refractivity contribution in [1.82, 2.24) is 10.6 Å². The average molecular weight is 501 g/mol. The van der Waals surface area contributed by atoms with Crippen LogP contribution in [0.3, 0.4) is 0 Å². The van der Waals surface area contributed by atoms with E-state index in [-0.39, 0.29) is 11.8 Å². The Balaban J connectivity index is 4.37. The third kappa shape index (κ3) is 16.0. The van der Waals surface area contributed by atoms with Crippen molar-refractivity contribution in [3.05, 3.63) is 0 Å². The van der Waals surface area contributed by atoms with Crippen molar-refractivity contribution in [2.75, 3.05) is 17.3 Å². The molecule has 0 fully saturated rings. The van der Waals surface area contributed by atoms with Crippen LogP contribution < -0.4 is 10.6 Å². The molecule has 3 atom stereocenters. The molecule has 0 aromatic heterocycles. The van der Waals surface area contributed by atoms with Crippen LogP contribution in [0.5, 0.6) is 0 Å². The van der Waals surface area contributed by atoms with Crippen LogP contribution in [-0.2, 0) is 19.2 Å². The summed E-state index contributed by atoms with van der Waals surface area (Å²) in [7, 11) is 6.10. The number of carbonyl (C=O) groups is 4. The second kappa shape index (κ2) is 17.9. The molecule has 0 aliphatic heterocycles. The Bertz CT molecular complexity index is 553. The molecular formula is C18H32N2O6S4. The van der Waals surface area contributed by atoms with E-state index in [2.05, 4.69) is 17.6 Å². The first-order valence-electron chi connectivity index (χ1n) is 9.69. The lowest BCUT2D eigenvalue weighted by Gasteiger charge is -2.18. The van der Waals surface area contributed by atoms with E-state index in [0.717, 1.165) is 37.9 Å². The number of carboxylic acids is 2. The van der Waals surface area contributed by atoms with E-state index >= 15 is 0 Å². The molecule has 0 aromatic carbocycles. The highest BCUT2D eigenvalue weighted by Gasteiger charge is 2.20. The summed E-state index contributed by atoms with van der Waals surface area (Å²) in [6, 6.07) is -1.80. The highest BCUT2D eigenvalue weighted by molar-refractivity contribution is 8.77. The van der Waals surface area contributed by atoms with Crippen molar-refractivity contribution in [1.29, 1.82) is 0 Å². The third-order valence-corrected chi connectivity index (χ3v) is 9.19. The maximum atomic E-state index is 11.2. The first-order chi connectivity index (χ1) is 14.2. The van der Waals surface area contributed by atoms with E-state index in [1.54, 1.807) is 21.6 Å². The number of carbonyl (C=O) groups excluding carboxylic acids is 2. The largest absolute Gasteiger partial charge is 0.480 e. The Kier molecular flexibility index (Phi) is 17.5. The van der Waals surface area contributed by atoms with Gasteiger partial charge < -0.3 is 20.8 Å². The molecule has 0 heterocycles. The molecule has 0 spiro atoms. The predicted octanol–water partition coefficient (Wildman–Crippen LogP) is 3.27. The van der Waals surface area contributed by atoms with Crippen LogP contribution in [0, 0.1) is 0 Å². The molecule has 8 nitrogen and oxygen atoms in total. The summed E-state index contributed by atoms with van der Waals surface area (Å²) >= 11 is 0. The summed E-state index contributed by atoms with van der Waals surface area (Å²) in [5.74, 6) is -1.40. The van der Waals surface area contributed by atoms with Crippen LogP contribution in [0.4, 0.5) is 0 Å². The average Bonchev–Trinajstić information content (AvgIpc) is 2.64. The number of hydrogen-bond acceptors (Lipinski definition) is 8. The lowest BCUT2D eigenvalue weighted by atomic mass is 10.1. The summed E-state index contributed by atoms with van der Waals surface area (Å²) in [6.45, 7) is 4.74. The molecule has 174 valence electrons. The fourth-order valence-corrected chi connectivity index (χ4v) is 7.61. The number of amides is 2. The number of nitrogens with one attached hydrogen (secondary N) is 2. The van der Waals surface area contributed by atoms with Crippen LogP contribution in [0.1, 0.15) is 52.9 Å². The quantitative estimate of drug-likeness (QED) is 0.164. The molecule has 0 saturated carbocycles. The molecule has 30 heavy (non-hydrogen) atoms. The summed E-state index contributed by atoms with van der Waals surface area (Å²) < 4.78 is 0. The van der Waals surface area contributed by atoms with E-state index in [9.17, 15) is 24.3 Å². The van der Waals surface area contributed by atoms with E-state index in [1.165, 1.54) is 35.4 Å². The van der Waals surface area contributed by atoms with Gasteiger partial charge in [0.15, 0.2) is 0 Å². The third-order valence-electron chi connectivity index (χ3n) is 3.76. The van der Waals surface area contributed by atoms with Gasteiger partial charge in [0.2, 0.25) is 11.8 Å². The second-order valence-corrected chi connectivity index (χ2v) is 11.9. The number of unbranched alkanes of at least 4 members (excludes halogenated alkanes) is 2. The van der Waals surface area contributed by atoms with Crippen LogP contribution >= 0.6 is 43.2 Å². The lowest BCUT2D eigenvalue weighted by molar-refractivity contribution is -0.141. The van der Waals surface area contributed by atoms with Crippen molar-refractivity contribution in [2.45, 2.75) is 70.2 Å². The topological polar surface area (TPSA) is 133 Å². The molecule has 0 bridgehead atoms. The van der Waals surface area contributed by atoms with Gasteiger partial charge >= 0.3 is 11.9 Å². The molecule has 2 amide bonds. The van der Waals surface area contributed by atoms with Gasteiger partial charge in [-0.1, -0.05) is 69.4 Å². The van der Waals surface area contributed by atoms with Crippen molar-refractivity contribution in [2.24, 2.45) is 0 Å². The minimum atomic E-state index is -1.05. The fourth-order valence-electron chi connectivity index (χ4n) is 2.26. The molecule has 0 aromatic rings. The van der Waals surface area contributed by atoms with E-state index in [1.807, 2.05) is 0 Å². The Morgan fingerprint density at radius 1 is 0.800 bits per heavy atom. The normalized spacial score (nSPS) is 13.8. The number of aliphatic carboxylic acids is 2. The monoisotopic (exact) mass is 500 g/mol. The predicted molar refractivity (Wildman–Crippen MR) is 128 cm³/mol. The zero-order valence-corrected chi connectivity index (χ0v) is 20.8. The van der Waals surface area contributed by atoms with Crippen molar-refractivity contribution >= 4 is 66.9 Å². The van der Waals surface area contributed by atoms with E-state index in [4.69, 9.17) is 5.11 Å². The number of carboxylic acid groups (broad SMARTS) is 2. The first kappa shape index (κ1) is 29.3. The second-order valence-electron chi connectivity index (χ2n) is 6.58. The van der Waals surface area contributed by atoms with Gasteiger partial charge in [-0.3, -0.25) is 9.59 Å². The maximum absolute atomic E-state index is 11.2. The summed E-state index contributed by atoms with van der Waals surface area (Å²) in [4.78, 5) is 44.5. The molecule has 4 N–H and O–H groups in total. The molecule has 12 heteroatoms. The summed E-state index contributed by atoms with van der Waals surface area (Å²) in [6.07, 6.45) is 5.31. The van der Waals surface area contributed by atoms with Crippen LogP contribution in [-0.4, -0.2) is 68.6 Å². The summed E-state index contributed by atoms with van der Waals surface area (Å²) in [5.41, 5.74) is 0. The lowest BCUT2D eigenvalue weighted by Crippen LogP contribution is -2.41. The van der Waals surface area contributed by atoms with Gasteiger partial charge in [-0.15, -0.1) is 0 Å². The fraction of sp³-hybridized carbons (Fsp3) is 0.778. The Labute approximate surface area is 194 Å². The van der Waals surface area contributed by atoms with Crippen LogP contribution in [0.2, 0.25) is 0 Å². The molecule has 0 saturated heterocycles. The van der Waals surface area contributed by atoms with Crippen molar-refractivity contribution in [3.8, 4) is 0 Å². The van der Waals surface area contributed by atoms with Gasteiger partial charge in [0, 0.05) is 36.4 Å². The Hall–Kier alpha value is -0.720. The molecule has 0 rings (SSSR count). The molecule has 0 radical (unpaired) electrons. The van der Waals surface area contributed by atoms with Gasteiger partial charge in [-0.05, 0) is 12.8 Å². The van der Waals surface area contributed by atoms with E-state index in [0.29, 0.717) is 16.8 Å². The van der Waals surface area contributed by atoms with E-state index < -0.39 is 24.0 Å². The van der Waals surface area contributed by atoms with Crippen LogP contribution in [0.25, 0.3) is 0 Å². The smallest absolute Gasteiger partial charge is 0.327 e. The molecule has 0 aliphatic rings. The molecule has 0 unspecified atom stereocenters. The van der Waals surface area contributed by atoms with Crippen molar-refractivity contribution in [3.63, 3.8) is 0 Å². The number of rotatable bonds is 18. The van der Waals surface area contributed by atoms with Gasteiger partial charge in [0.1, 0.15) is 12.1 Å². The zero-order chi connectivity index (χ0) is 22.9. The maximum Gasteiger partial charge on any atom is 0.327 e. The highest BCUT2D eigenvalue weighted by Crippen LogP contribution is 2.35. The van der Waals surface area contributed by atoms with Crippen LogP contribution in [0.15, 0.2) is 0 Å². The van der Waals surface area contributed by atoms with Gasteiger partial charge in [0.05, 0.1) is 0 Å². The number of hydrogen-bond donors (Lipinski definition) is 4. The molecule has 0 aliphatic carbocycles. The van der Waals surface area contributed by atoms with Gasteiger partial charge in [-0.2, -0.15) is 0 Å². The van der Waals surface area contributed by atoms with Gasteiger partial charge in [0.25, 0.3) is 0 Å².